The van der Waals surface area contributed by atoms with Gasteiger partial charge < -0.3 is 15.9 Å². The first kappa shape index (κ1) is 16.7. The molecule has 0 radical (unpaired) electrons. The Labute approximate surface area is 145 Å². The van der Waals surface area contributed by atoms with Crippen molar-refractivity contribution >= 4 is 17.5 Å². The Morgan fingerprint density at radius 1 is 1.12 bits per heavy atom. The predicted molar refractivity (Wildman–Crippen MR) is 93.6 cm³/mol. The van der Waals surface area contributed by atoms with E-state index >= 15 is 0 Å². The molecule has 0 fully saturated rings. The van der Waals surface area contributed by atoms with Gasteiger partial charge >= 0.3 is 0 Å². The van der Waals surface area contributed by atoms with Crippen LogP contribution in [-0.2, 0) is 20.8 Å². The molecule has 2 atom stereocenters. The number of primary amides is 1. The molecule has 6 heteroatoms. The van der Waals surface area contributed by atoms with Crippen LogP contribution in [0, 0.1) is 0 Å². The predicted octanol–water partition coefficient (Wildman–Crippen LogP) is 1.72. The highest BCUT2D eigenvalue weighted by atomic mass is 16.6. The van der Waals surface area contributed by atoms with Gasteiger partial charge in [-0.3, -0.25) is 9.59 Å². The lowest BCUT2D eigenvalue weighted by molar-refractivity contribution is -0.124. The summed E-state index contributed by atoms with van der Waals surface area (Å²) in [4.78, 5) is 29.4. The molecule has 0 saturated heterocycles. The molecule has 0 bridgehead atoms. The number of benzene rings is 2. The molecule has 1 heterocycles. The number of amides is 2. The Hall–Kier alpha value is -3.15. The lowest BCUT2D eigenvalue weighted by Gasteiger charge is -2.15. The number of carbonyl (C=O) groups is 2. The van der Waals surface area contributed by atoms with Crippen molar-refractivity contribution in [2.24, 2.45) is 10.9 Å². The van der Waals surface area contributed by atoms with Gasteiger partial charge in [0.05, 0.1) is 0 Å². The second kappa shape index (κ2) is 7.61. The van der Waals surface area contributed by atoms with Gasteiger partial charge in [0.2, 0.25) is 5.91 Å². The van der Waals surface area contributed by atoms with Crippen LogP contribution in [0.3, 0.4) is 0 Å². The topological polar surface area (TPSA) is 93.8 Å². The molecule has 2 aromatic rings. The van der Waals surface area contributed by atoms with Crippen LogP contribution < -0.4 is 11.1 Å². The van der Waals surface area contributed by atoms with Gasteiger partial charge in [0, 0.05) is 12.8 Å². The Kier molecular flexibility index (Phi) is 5.09. The molecule has 3 N–H and O–H groups in total. The monoisotopic (exact) mass is 337 g/mol. The molecule has 128 valence electrons. The average Bonchev–Trinajstić information content (AvgIpc) is 3.13. The number of oxime groups is 1. The van der Waals surface area contributed by atoms with Crippen LogP contribution in [0.1, 0.15) is 23.7 Å². The molecule has 25 heavy (non-hydrogen) atoms. The third-order valence-electron chi connectivity index (χ3n) is 4.03. The van der Waals surface area contributed by atoms with Crippen molar-refractivity contribution in [3.8, 4) is 0 Å². The summed E-state index contributed by atoms with van der Waals surface area (Å²) in [6.45, 7) is 0. The number of hydrogen-bond donors (Lipinski definition) is 2. The number of nitrogens with zero attached hydrogens (tertiary/aromatic N) is 1. The fourth-order valence-corrected chi connectivity index (χ4v) is 2.67. The zero-order valence-electron chi connectivity index (χ0n) is 13.6. The minimum absolute atomic E-state index is 0.258. The summed E-state index contributed by atoms with van der Waals surface area (Å²) >= 11 is 0. The third kappa shape index (κ3) is 4.23. The molecular formula is C19H19N3O3. The van der Waals surface area contributed by atoms with Crippen LogP contribution in [-0.4, -0.2) is 23.6 Å². The van der Waals surface area contributed by atoms with Crippen molar-refractivity contribution in [1.29, 1.82) is 0 Å². The smallest absolute Gasteiger partial charge is 0.269 e. The Morgan fingerprint density at radius 2 is 1.76 bits per heavy atom. The molecule has 0 saturated carbocycles. The summed E-state index contributed by atoms with van der Waals surface area (Å²) in [5.74, 6) is -1.02. The molecule has 6 nitrogen and oxygen atoms in total. The summed E-state index contributed by atoms with van der Waals surface area (Å²) in [5, 5.41) is 6.52. The van der Waals surface area contributed by atoms with Gasteiger partial charge in [-0.15, -0.1) is 0 Å². The minimum Gasteiger partial charge on any atom is -0.387 e. The number of carbonyl (C=O) groups excluding carboxylic acids is 2. The summed E-state index contributed by atoms with van der Waals surface area (Å²) in [6.07, 6.45) is 0.397. The van der Waals surface area contributed by atoms with Crippen LogP contribution in [0.2, 0.25) is 0 Å². The number of nitrogens with one attached hydrogen (secondary N) is 1. The van der Waals surface area contributed by atoms with E-state index in [2.05, 4.69) is 10.5 Å². The molecular weight excluding hydrogens is 318 g/mol. The molecule has 1 aliphatic rings. The van der Waals surface area contributed by atoms with E-state index in [9.17, 15) is 9.59 Å². The second-order valence-corrected chi connectivity index (χ2v) is 5.86. The molecule has 0 aromatic heterocycles. The van der Waals surface area contributed by atoms with Crippen molar-refractivity contribution in [1.82, 2.24) is 5.32 Å². The minimum atomic E-state index is -0.798. The van der Waals surface area contributed by atoms with E-state index in [0.717, 1.165) is 11.1 Å². The van der Waals surface area contributed by atoms with Gasteiger partial charge in [-0.1, -0.05) is 65.8 Å². The molecule has 2 amide bonds. The molecule has 1 aliphatic heterocycles. The van der Waals surface area contributed by atoms with Gasteiger partial charge in [0.25, 0.3) is 5.91 Å². The average molecular weight is 337 g/mol. The van der Waals surface area contributed by atoms with Crippen LogP contribution in [0.15, 0.2) is 65.8 Å². The Bertz CT molecular complexity index is 775. The third-order valence-corrected chi connectivity index (χ3v) is 4.03. The van der Waals surface area contributed by atoms with Gasteiger partial charge in [-0.25, -0.2) is 0 Å². The maximum Gasteiger partial charge on any atom is 0.269 e. The van der Waals surface area contributed by atoms with Crippen LogP contribution in [0.25, 0.3) is 0 Å². The van der Waals surface area contributed by atoms with Gasteiger partial charge in [-0.05, 0) is 11.1 Å². The van der Waals surface area contributed by atoms with Crippen LogP contribution in [0.4, 0.5) is 0 Å². The lowest BCUT2D eigenvalue weighted by Crippen LogP contribution is -2.48. The molecule has 0 aliphatic carbocycles. The molecule has 0 unspecified atom stereocenters. The van der Waals surface area contributed by atoms with Gasteiger partial charge in [0.1, 0.15) is 11.8 Å². The van der Waals surface area contributed by atoms with Crippen molar-refractivity contribution < 1.29 is 14.4 Å². The first-order chi connectivity index (χ1) is 12.1. The Balaban J connectivity index is 1.61. The van der Waals surface area contributed by atoms with E-state index in [1.807, 2.05) is 60.7 Å². The summed E-state index contributed by atoms with van der Waals surface area (Å²) < 4.78 is 0. The van der Waals surface area contributed by atoms with Crippen LogP contribution in [0.5, 0.6) is 0 Å². The number of rotatable bonds is 6. The zero-order valence-corrected chi connectivity index (χ0v) is 13.6. The van der Waals surface area contributed by atoms with Crippen molar-refractivity contribution in [3.05, 3.63) is 71.8 Å². The van der Waals surface area contributed by atoms with Gasteiger partial charge in [0.15, 0.2) is 6.10 Å². The molecule has 0 spiro atoms. The number of nitrogens with two attached hydrogens (primary N) is 1. The van der Waals surface area contributed by atoms with E-state index in [0.29, 0.717) is 12.8 Å². The van der Waals surface area contributed by atoms with E-state index < -0.39 is 17.9 Å². The van der Waals surface area contributed by atoms with Gasteiger partial charge in [-0.2, -0.15) is 0 Å². The van der Waals surface area contributed by atoms with E-state index in [1.165, 1.54) is 0 Å². The maximum atomic E-state index is 12.4. The van der Waals surface area contributed by atoms with E-state index in [1.54, 1.807) is 0 Å². The SMILES string of the molecule is NC(=O)[C@@H](Cc1ccccc1)NC(=O)C1=NO[C@H](c2ccccc2)C1. The lowest BCUT2D eigenvalue weighted by atomic mass is 10.0. The Morgan fingerprint density at radius 3 is 2.40 bits per heavy atom. The first-order valence-corrected chi connectivity index (χ1v) is 8.05. The van der Waals surface area contributed by atoms with Crippen molar-refractivity contribution in [3.63, 3.8) is 0 Å². The molecule has 3 rings (SSSR count). The zero-order chi connectivity index (χ0) is 17.6. The quantitative estimate of drug-likeness (QED) is 0.840. The molecule has 2 aromatic carbocycles. The van der Waals surface area contributed by atoms with Crippen LogP contribution >= 0.6 is 0 Å². The summed E-state index contributed by atoms with van der Waals surface area (Å²) in [5.41, 5.74) is 7.55. The van der Waals surface area contributed by atoms with E-state index in [4.69, 9.17) is 10.6 Å². The normalized spacial score (nSPS) is 17.3. The second-order valence-electron chi connectivity index (χ2n) is 5.86. The highest BCUT2D eigenvalue weighted by Crippen LogP contribution is 2.26. The van der Waals surface area contributed by atoms with E-state index in [-0.39, 0.29) is 11.8 Å². The summed E-state index contributed by atoms with van der Waals surface area (Å²) in [6, 6.07) is 18.1. The first-order valence-electron chi connectivity index (χ1n) is 8.05. The maximum absolute atomic E-state index is 12.4. The fourth-order valence-electron chi connectivity index (χ4n) is 2.67. The highest BCUT2D eigenvalue weighted by molar-refractivity contribution is 6.39. The van der Waals surface area contributed by atoms with Crippen molar-refractivity contribution in [2.45, 2.75) is 25.0 Å². The largest absolute Gasteiger partial charge is 0.387 e. The van der Waals surface area contributed by atoms with Crippen molar-refractivity contribution in [2.75, 3.05) is 0 Å². The standard InChI is InChI=1S/C19H19N3O3/c20-18(23)15(11-13-7-3-1-4-8-13)21-19(24)16-12-17(25-22-16)14-9-5-2-6-10-14/h1-10,15,17H,11-12H2,(H2,20,23)(H,21,24)/t15-,17+/m1/s1. The number of hydrogen-bond acceptors (Lipinski definition) is 4. The summed E-state index contributed by atoms with van der Waals surface area (Å²) in [7, 11) is 0. The fraction of sp³-hybridized carbons (Fsp3) is 0.211. The highest BCUT2D eigenvalue weighted by Gasteiger charge is 2.29.